The summed E-state index contributed by atoms with van der Waals surface area (Å²) < 4.78 is 33.6. The predicted octanol–water partition coefficient (Wildman–Crippen LogP) is 3.88. The van der Waals surface area contributed by atoms with Crippen LogP contribution in [0.5, 0.6) is 5.75 Å². The molecule has 1 aliphatic heterocycles. The molecule has 0 amide bonds. The number of rotatable bonds is 5. The van der Waals surface area contributed by atoms with Crippen molar-refractivity contribution in [3.05, 3.63) is 59.8 Å². The van der Waals surface area contributed by atoms with E-state index in [-0.39, 0.29) is 6.04 Å². The number of methoxy groups -OCH3 is 1. The molecule has 1 fully saturated rings. The van der Waals surface area contributed by atoms with E-state index in [1.54, 1.807) is 29.6 Å². The van der Waals surface area contributed by atoms with E-state index in [0.29, 0.717) is 22.8 Å². The first-order valence-corrected chi connectivity index (χ1v) is 10.7. The van der Waals surface area contributed by atoms with Crippen molar-refractivity contribution in [3.8, 4) is 5.75 Å². The van der Waals surface area contributed by atoms with Gasteiger partial charge in [-0.15, -0.1) is 0 Å². The van der Waals surface area contributed by atoms with Gasteiger partial charge in [0.15, 0.2) is 0 Å². The van der Waals surface area contributed by atoms with E-state index in [2.05, 4.69) is 11.1 Å². The quantitative estimate of drug-likeness (QED) is 0.726. The van der Waals surface area contributed by atoms with Crippen molar-refractivity contribution in [1.82, 2.24) is 9.29 Å². The van der Waals surface area contributed by atoms with Crippen molar-refractivity contribution in [1.29, 1.82) is 0 Å². The highest BCUT2D eigenvalue weighted by molar-refractivity contribution is 7.89. The number of sulfonamides is 1. The third kappa shape index (κ3) is 3.24. The summed E-state index contributed by atoms with van der Waals surface area (Å²) >= 11 is 0. The summed E-state index contributed by atoms with van der Waals surface area (Å²) in [5.41, 5.74) is 2.97. The fourth-order valence-corrected chi connectivity index (χ4v) is 5.95. The zero-order valence-electron chi connectivity index (χ0n) is 15.6. The van der Waals surface area contributed by atoms with Crippen LogP contribution in [-0.2, 0) is 16.4 Å². The molecule has 142 valence electrons. The number of aromatic amines is 1. The van der Waals surface area contributed by atoms with Gasteiger partial charge in [0, 0.05) is 29.7 Å². The Kier molecular flexibility index (Phi) is 4.70. The molecule has 1 N–H and O–H groups in total. The first kappa shape index (κ1) is 18.1. The lowest BCUT2D eigenvalue weighted by Gasteiger charge is -2.25. The highest BCUT2D eigenvalue weighted by atomic mass is 32.2. The topological polar surface area (TPSA) is 62.4 Å². The molecule has 5 nitrogen and oxygen atoms in total. The van der Waals surface area contributed by atoms with Crippen molar-refractivity contribution >= 4 is 20.9 Å². The van der Waals surface area contributed by atoms with Gasteiger partial charge in [0.25, 0.3) is 0 Å². The summed E-state index contributed by atoms with van der Waals surface area (Å²) in [6.07, 6.45) is 4.50. The van der Waals surface area contributed by atoms with E-state index in [0.717, 1.165) is 24.8 Å². The Balaban J connectivity index is 1.64. The third-order valence-electron chi connectivity index (χ3n) is 5.42. The maximum atomic E-state index is 13.3. The number of nitrogens with zero attached hydrogens (tertiary/aromatic N) is 1. The average molecular weight is 385 g/mol. The minimum absolute atomic E-state index is 0.0179. The largest absolute Gasteiger partial charge is 0.497 e. The Hall–Kier alpha value is -2.31. The second-order valence-electron chi connectivity index (χ2n) is 7.11. The van der Waals surface area contributed by atoms with Gasteiger partial charge in [-0.1, -0.05) is 18.2 Å². The SMILES string of the molecule is COc1ccc(S(=O)(=O)N2CCCC2Cc2c[nH]c3ccccc23)c(C)c1. The summed E-state index contributed by atoms with van der Waals surface area (Å²) in [6, 6.07) is 13.3. The number of fused-ring (bicyclic) bond motifs is 1. The normalized spacial score (nSPS) is 18.2. The molecule has 0 spiro atoms. The van der Waals surface area contributed by atoms with Crippen molar-refractivity contribution in [2.75, 3.05) is 13.7 Å². The number of H-pyrrole nitrogens is 1. The monoisotopic (exact) mass is 384 g/mol. The van der Waals surface area contributed by atoms with Gasteiger partial charge in [-0.2, -0.15) is 4.31 Å². The molecule has 0 radical (unpaired) electrons. The highest BCUT2D eigenvalue weighted by Crippen LogP contribution is 2.32. The van der Waals surface area contributed by atoms with E-state index in [9.17, 15) is 8.42 Å². The van der Waals surface area contributed by atoms with Crippen molar-refractivity contribution in [2.45, 2.75) is 37.1 Å². The lowest BCUT2D eigenvalue weighted by Crippen LogP contribution is -2.37. The average Bonchev–Trinajstić information content (AvgIpc) is 3.29. The maximum Gasteiger partial charge on any atom is 0.243 e. The lowest BCUT2D eigenvalue weighted by atomic mass is 10.0. The van der Waals surface area contributed by atoms with Crippen LogP contribution in [0, 0.1) is 6.92 Å². The summed E-state index contributed by atoms with van der Waals surface area (Å²) in [6.45, 7) is 2.39. The Morgan fingerprint density at radius 3 is 2.81 bits per heavy atom. The fraction of sp³-hybridized carbons (Fsp3) is 0.333. The molecule has 3 aromatic rings. The first-order chi connectivity index (χ1) is 13.0. The van der Waals surface area contributed by atoms with Gasteiger partial charge in [0.1, 0.15) is 5.75 Å². The molecule has 4 rings (SSSR count). The molecule has 27 heavy (non-hydrogen) atoms. The van der Waals surface area contributed by atoms with Crippen LogP contribution in [0.3, 0.4) is 0 Å². The van der Waals surface area contributed by atoms with E-state index in [4.69, 9.17) is 4.74 Å². The van der Waals surface area contributed by atoms with Gasteiger partial charge in [0.05, 0.1) is 12.0 Å². The number of hydrogen-bond acceptors (Lipinski definition) is 3. The number of aromatic nitrogens is 1. The van der Waals surface area contributed by atoms with Gasteiger partial charge >= 0.3 is 0 Å². The fourth-order valence-electron chi connectivity index (χ4n) is 4.05. The molecule has 6 heteroatoms. The van der Waals surface area contributed by atoms with Crippen LogP contribution in [-0.4, -0.2) is 37.4 Å². The van der Waals surface area contributed by atoms with Crippen LogP contribution < -0.4 is 4.74 Å². The Labute approximate surface area is 160 Å². The molecule has 1 atom stereocenters. The van der Waals surface area contributed by atoms with Gasteiger partial charge in [-0.25, -0.2) is 8.42 Å². The molecular formula is C21H24N2O3S. The predicted molar refractivity (Wildman–Crippen MR) is 107 cm³/mol. The van der Waals surface area contributed by atoms with Crippen LogP contribution in [0.4, 0.5) is 0 Å². The summed E-state index contributed by atoms with van der Waals surface area (Å²) in [5.74, 6) is 0.670. The van der Waals surface area contributed by atoms with Crippen LogP contribution in [0.15, 0.2) is 53.6 Å². The van der Waals surface area contributed by atoms with Crippen molar-refractivity contribution in [3.63, 3.8) is 0 Å². The summed E-state index contributed by atoms with van der Waals surface area (Å²) in [4.78, 5) is 3.66. The zero-order valence-corrected chi connectivity index (χ0v) is 16.4. The lowest BCUT2D eigenvalue weighted by molar-refractivity contribution is 0.385. The number of aryl methyl sites for hydroxylation is 1. The van der Waals surface area contributed by atoms with E-state index in [1.807, 2.05) is 31.3 Å². The van der Waals surface area contributed by atoms with Gasteiger partial charge < -0.3 is 9.72 Å². The number of benzene rings is 2. The molecule has 1 unspecified atom stereocenters. The first-order valence-electron chi connectivity index (χ1n) is 9.22. The Morgan fingerprint density at radius 1 is 1.22 bits per heavy atom. The molecule has 2 heterocycles. The number of hydrogen-bond donors (Lipinski definition) is 1. The van der Waals surface area contributed by atoms with E-state index >= 15 is 0 Å². The minimum atomic E-state index is -3.53. The number of ether oxygens (including phenoxy) is 1. The van der Waals surface area contributed by atoms with Crippen LogP contribution in [0.1, 0.15) is 24.0 Å². The molecule has 0 bridgehead atoms. The van der Waals surface area contributed by atoms with Gasteiger partial charge in [-0.05, 0) is 61.6 Å². The summed E-state index contributed by atoms with van der Waals surface area (Å²) in [7, 11) is -1.95. The highest BCUT2D eigenvalue weighted by Gasteiger charge is 2.36. The molecule has 1 saturated heterocycles. The standard InChI is InChI=1S/C21H24N2O3S/c1-15-12-18(26-2)9-10-21(15)27(24,25)23-11-5-6-17(23)13-16-14-22-20-8-4-3-7-19(16)20/h3-4,7-10,12,14,17,22H,5-6,11,13H2,1-2H3. The third-order valence-corrected chi connectivity index (χ3v) is 7.53. The molecule has 0 saturated carbocycles. The van der Waals surface area contributed by atoms with E-state index < -0.39 is 10.0 Å². The van der Waals surface area contributed by atoms with Crippen LogP contribution in [0.2, 0.25) is 0 Å². The smallest absolute Gasteiger partial charge is 0.243 e. The van der Waals surface area contributed by atoms with Crippen LogP contribution in [0.25, 0.3) is 10.9 Å². The molecule has 0 aliphatic carbocycles. The molecule has 1 aromatic heterocycles. The van der Waals surface area contributed by atoms with Gasteiger partial charge in [0.2, 0.25) is 10.0 Å². The van der Waals surface area contributed by atoms with Gasteiger partial charge in [-0.3, -0.25) is 0 Å². The number of para-hydroxylation sites is 1. The van der Waals surface area contributed by atoms with E-state index in [1.165, 1.54) is 10.9 Å². The minimum Gasteiger partial charge on any atom is -0.497 e. The second-order valence-corrected chi connectivity index (χ2v) is 8.97. The molecule has 1 aliphatic rings. The second kappa shape index (κ2) is 7.02. The van der Waals surface area contributed by atoms with Crippen LogP contribution >= 0.6 is 0 Å². The number of nitrogens with one attached hydrogen (secondary N) is 1. The zero-order chi connectivity index (χ0) is 19.0. The van der Waals surface area contributed by atoms with Crippen molar-refractivity contribution in [2.24, 2.45) is 0 Å². The Bertz CT molecular complexity index is 1070. The Morgan fingerprint density at radius 2 is 2.04 bits per heavy atom. The van der Waals surface area contributed by atoms with Crippen molar-refractivity contribution < 1.29 is 13.2 Å². The maximum absolute atomic E-state index is 13.3. The molecular weight excluding hydrogens is 360 g/mol. The summed E-state index contributed by atoms with van der Waals surface area (Å²) in [5, 5.41) is 1.17. The molecule has 2 aromatic carbocycles.